The fraction of sp³-hybridized carbons (Fsp3) is 0.143. The zero-order valence-corrected chi connectivity index (χ0v) is 10.8. The van der Waals surface area contributed by atoms with Gasteiger partial charge in [0.05, 0.1) is 17.1 Å². The summed E-state index contributed by atoms with van der Waals surface area (Å²) < 4.78 is 0. The number of fused-ring (bicyclic) bond motifs is 1. The van der Waals surface area contributed by atoms with Crippen molar-refractivity contribution in [2.24, 2.45) is 5.73 Å². The third-order valence-corrected chi connectivity index (χ3v) is 4.00. The molecular formula is C14H13N3S. The first-order chi connectivity index (χ1) is 8.74. The van der Waals surface area contributed by atoms with Crippen molar-refractivity contribution in [1.82, 2.24) is 9.97 Å². The second-order valence-corrected chi connectivity index (χ2v) is 5.55. The van der Waals surface area contributed by atoms with E-state index in [4.69, 9.17) is 5.73 Å². The lowest BCUT2D eigenvalue weighted by molar-refractivity contribution is 0.895. The Hall–Kier alpha value is -1.78. The van der Waals surface area contributed by atoms with Crippen molar-refractivity contribution in [3.05, 3.63) is 58.0 Å². The topological polar surface area (TPSA) is 51.8 Å². The molecule has 3 rings (SSSR count). The van der Waals surface area contributed by atoms with Crippen LogP contribution in [0.15, 0.2) is 42.7 Å². The van der Waals surface area contributed by atoms with Crippen LogP contribution in [0, 0.1) is 6.92 Å². The molecule has 0 aliphatic carbocycles. The van der Waals surface area contributed by atoms with Crippen molar-refractivity contribution in [3.8, 4) is 0 Å². The number of rotatable bonds is 2. The third-order valence-electron chi connectivity index (χ3n) is 2.92. The monoisotopic (exact) mass is 255 g/mol. The molecule has 0 aliphatic rings. The average Bonchev–Trinajstić information content (AvgIpc) is 2.84. The summed E-state index contributed by atoms with van der Waals surface area (Å²) in [6.45, 7) is 2.09. The molecule has 0 bridgehead atoms. The molecule has 3 aromatic rings. The highest BCUT2D eigenvalue weighted by atomic mass is 32.1. The fourth-order valence-corrected chi connectivity index (χ4v) is 2.87. The maximum absolute atomic E-state index is 6.28. The average molecular weight is 255 g/mol. The molecule has 1 unspecified atom stereocenters. The zero-order chi connectivity index (χ0) is 12.5. The summed E-state index contributed by atoms with van der Waals surface area (Å²) in [6.07, 6.45) is 3.40. The standard InChI is InChI=1S/C14H13N3S/c1-9-2-5-13(18-9)14(15)10-3-4-11-12(8-10)17-7-6-16-11/h2-8,14H,15H2,1H3. The highest BCUT2D eigenvalue weighted by Crippen LogP contribution is 2.27. The van der Waals surface area contributed by atoms with E-state index in [-0.39, 0.29) is 6.04 Å². The molecule has 2 heterocycles. The minimum atomic E-state index is -0.0879. The van der Waals surface area contributed by atoms with Crippen molar-refractivity contribution in [1.29, 1.82) is 0 Å². The molecule has 18 heavy (non-hydrogen) atoms. The molecule has 0 amide bonds. The zero-order valence-electron chi connectivity index (χ0n) is 10.00. The van der Waals surface area contributed by atoms with Crippen LogP contribution < -0.4 is 5.73 Å². The van der Waals surface area contributed by atoms with Gasteiger partial charge in [-0.15, -0.1) is 11.3 Å². The van der Waals surface area contributed by atoms with Crippen LogP contribution in [0.2, 0.25) is 0 Å². The van der Waals surface area contributed by atoms with Gasteiger partial charge in [0, 0.05) is 22.1 Å². The van der Waals surface area contributed by atoms with Crippen molar-refractivity contribution < 1.29 is 0 Å². The van der Waals surface area contributed by atoms with Gasteiger partial charge in [-0.2, -0.15) is 0 Å². The van der Waals surface area contributed by atoms with Gasteiger partial charge in [-0.25, -0.2) is 0 Å². The Labute approximate surface area is 109 Å². The summed E-state index contributed by atoms with van der Waals surface area (Å²) in [5.41, 5.74) is 9.14. The van der Waals surface area contributed by atoms with Gasteiger partial charge in [0.25, 0.3) is 0 Å². The first kappa shape index (κ1) is 11.3. The summed E-state index contributed by atoms with van der Waals surface area (Å²) in [6, 6.07) is 10.1. The van der Waals surface area contributed by atoms with E-state index in [1.165, 1.54) is 9.75 Å². The molecule has 0 fully saturated rings. The van der Waals surface area contributed by atoms with Crippen molar-refractivity contribution >= 4 is 22.4 Å². The maximum atomic E-state index is 6.28. The lowest BCUT2D eigenvalue weighted by atomic mass is 10.1. The lowest BCUT2D eigenvalue weighted by Gasteiger charge is -2.10. The second-order valence-electron chi connectivity index (χ2n) is 4.23. The van der Waals surface area contributed by atoms with Gasteiger partial charge in [0.1, 0.15) is 0 Å². The van der Waals surface area contributed by atoms with Gasteiger partial charge in [0.15, 0.2) is 0 Å². The first-order valence-electron chi connectivity index (χ1n) is 5.76. The molecule has 1 aromatic carbocycles. The lowest BCUT2D eigenvalue weighted by Crippen LogP contribution is -2.10. The Kier molecular flexibility index (Phi) is 2.81. The Morgan fingerprint density at radius 2 is 1.83 bits per heavy atom. The van der Waals surface area contributed by atoms with E-state index in [9.17, 15) is 0 Å². The van der Waals surface area contributed by atoms with E-state index in [1.54, 1.807) is 23.7 Å². The van der Waals surface area contributed by atoms with E-state index < -0.39 is 0 Å². The molecule has 0 saturated carbocycles. The molecular weight excluding hydrogens is 242 g/mol. The molecule has 2 N–H and O–H groups in total. The first-order valence-corrected chi connectivity index (χ1v) is 6.58. The second kappa shape index (κ2) is 4.48. The van der Waals surface area contributed by atoms with E-state index in [0.29, 0.717) is 0 Å². The predicted molar refractivity (Wildman–Crippen MR) is 74.6 cm³/mol. The van der Waals surface area contributed by atoms with Crippen LogP contribution in [-0.4, -0.2) is 9.97 Å². The highest BCUT2D eigenvalue weighted by molar-refractivity contribution is 7.12. The summed E-state index contributed by atoms with van der Waals surface area (Å²) in [5, 5.41) is 0. The normalized spacial score (nSPS) is 12.8. The number of hydrogen-bond donors (Lipinski definition) is 1. The quantitative estimate of drug-likeness (QED) is 0.765. The van der Waals surface area contributed by atoms with Crippen LogP contribution in [0.1, 0.15) is 21.4 Å². The third kappa shape index (κ3) is 2.00. The number of aromatic nitrogens is 2. The van der Waals surface area contributed by atoms with Gasteiger partial charge >= 0.3 is 0 Å². The highest BCUT2D eigenvalue weighted by Gasteiger charge is 2.11. The molecule has 1 atom stereocenters. The number of thiophene rings is 1. The Balaban J connectivity index is 2.03. The van der Waals surface area contributed by atoms with Crippen molar-refractivity contribution in [3.63, 3.8) is 0 Å². The van der Waals surface area contributed by atoms with E-state index in [1.807, 2.05) is 18.2 Å². The molecule has 4 heteroatoms. The SMILES string of the molecule is Cc1ccc(C(N)c2ccc3nccnc3c2)s1. The smallest absolute Gasteiger partial charge is 0.0890 e. The Morgan fingerprint density at radius 3 is 2.56 bits per heavy atom. The minimum Gasteiger partial charge on any atom is -0.320 e. The van der Waals surface area contributed by atoms with Gasteiger partial charge in [0.2, 0.25) is 0 Å². The van der Waals surface area contributed by atoms with Crippen LogP contribution in [-0.2, 0) is 0 Å². The minimum absolute atomic E-state index is 0.0879. The molecule has 2 aromatic heterocycles. The summed E-state index contributed by atoms with van der Waals surface area (Å²) >= 11 is 1.74. The van der Waals surface area contributed by atoms with Crippen LogP contribution in [0.4, 0.5) is 0 Å². The summed E-state index contributed by atoms with van der Waals surface area (Å²) in [4.78, 5) is 11.0. The summed E-state index contributed by atoms with van der Waals surface area (Å²) in [5.74, 6) is 0. The predicted octanol–water partition coefficient (Wildman–Crippen LogP) is 3.05. The van der Waals surface area contributed by atoms with Gasteiger partial charge in [-0.05, 0) is 36.8 Å². The van der Waals surface area contributed by atoms with E-state index in [0.717, 1.165) is 16.6 Å². The van der Waals surface area contributed by atoms with Crippen LogP contribution in [0.25, 0.3) is 11.0 Å². The van der Waals surface area contributed by atoms with Crippen LogP contribution >= 0.6 is 11.3 Å². The van der Waals surface area contributed by atoms with Gasteiger partial charge in [-0.3, -0.25) is 9.97 Å². The van der Waals surface area contributed by atoms with E-state index >= 15 is 0 Å². The van der Waals surface area contributed by atoms with Gasteiger partial charge < -0.3 is 5.73 Å². The molecule has 3 nitrogen and oxygen atoms in total. The van der Waals surface area contributed by atoms with Gasteiger partial charge in [-0.1, -0.05) is 6.07 Å². The number of aryl methyl sites for hydroxylation is 1. The van der Waals surface area contributed by atoms with Crippen molar-refractivity contribution in [2.75, 3.05) is 0 Å². The van der Waals surface area contributed by atoms with Crippen molar-refractivity contribution in [2.45, 2.75) is 13.0 Å². The molecule has 0 spiro atoms. The molecule has 0 aliphatic heterocycles. The molecule has 0 radical (unpaired) electrons. The number of benzene rings is 1. The van der Waals surface area contributed by atoms with E-state index in [2.05, 4.69) is 29.0 Å². The number of nitrogens with two attached hydrogens (primary N) is 1. The number of hydrogen-bond acceptors (Lipinski definition) is 4. The largest absolute Gasteiger partial charge is 0.320 e. The Bertz CT molecular complexity index is 690. The molecule has 0 saturated heterocycles. The van der Waals surface area contributed by atoms with Crippen LogP contribution in [0.3, 0.4) is 0 Å². The van der Waals surface area contributed by atoms with Crippen LogP contribution in [0.5, 0.6) is 0 Å². The molecule has 90 valence electrons. The summed E-state index contributed by atoms with van der Waals surface area (Å²) in [7, 11) is 0. The number of nitrogens with zero attached hydrogens (tertiary/aromatic N) is 2. The maximum Gasteiger partial charge on any atom is 0.0890 e. The Morgan fingerprint density at radius 1 is 1.06 bits per heavy atom. The fourth-order valence-electron chi connectivity index (χ4n) is 1.96.